The van der Waals surface area contributed by atoms with Crippen molar-refractivity contribution in [3.8, 4) is 11.4 Å². The number of amides is 1. The van der Waals surface area contributed by atoms with Crippen molar-refractivity contribution < 1.29 is 4.79 Å². The van der Waals surface area contributed by atoms with E-state index in [-0.39, 0.29) is 17.4 Å². The van der Waals surface area contributed by atoms with Crippen LogP contribution in [0.4, 0.5) is 0 Å². The lowest BCUT2D eigenvalue weighted by molar-refractivity contribution is -0.125. The fourth-order valence-electron chi connectivity index (χ4n) is 3.71. The van der Waals surface area contributed by atoms with Crippen LogP contribution in [-0.2, 0) is 24.2 Å². The quantitative estimate of drug-likeness (QED) is 0.690. The van der Waals surface area contributed by atoms with Gasteiger partial charge in [-0.2, -0.15) is 0 Å². The fourth-order valence-corrected chi connectivity index (χ4v) is 3.71. The van der Waals surface area contributed by atoms with Gasteiger partial charge in [0.05, 0.1) is 5.69 Å². The Bertz CT molecular complexity index is 1010. The van der Waals surface area contributed by atoms with E-state index in [1.54, 1.807) is 0 Å². The van der Waals surface area contributed by atoms with Crippen molar-refractivity contribution in [2.75, 3.05) is 0 Å². The third-order valence-electron chi connectivity index (χ3n) is 5.30. The molecule has 0 radical (unpaired) electrons. The molecule has 1 aliphatic rings. The van der Waals surface area contributed by atoms with Crippen LogP contribution in [-0.4, -0.2) is 15.9 Å². The molecule has 1 aliphatic carbocycles. The van der Waals surface area contributed by atoms with E-state index < -0.39 is 0 Å². The topological polar surface area (TPSA) is 74.8 Å². The van der Waals surface area contributed by atoms with Crippen LogP contribution in [0.1, 0.15) is 29.7 Å². The van der Waals surface area contributed by atoms with Gasteiger partial charge in [-0.25, -0.2) is 4.98 Å². The average Bonchev–Trinajstić information content (AvgIpc) is 2.96. The number of nitrogens with one attached hydrogen (secondary N) is 2. The number of benzene rings is 2. The van der Waals surface area contributed by atoms with E-state index in [4.69, 9.17) is 4.98 Å². The number of H-pyrrole nitrogens is 1. The van der Waals surface area contributed by atoms with Gasteiger partial charge in [-0.15, -0.1) is 0 Å². The van der Waals surface area contributed by atoms with E-state index in [9.17, 15) is 9.59 Å². The van der Waals surface area contributed by atoms with Crippen LogP contribution >= 0.6 is 0 Å². The van der Waals surface area contributed by atoms with E-state index in [1.807, 2.05) is 60.7 Å². The van der Waals surface area contributed by atoms with Crippen LogP contribution in [0, 0.1) is 5.92 Å². The molecule has 28 heavy (non-hydrogen) atoms. The van der Waals surface area contributed by atoms with Gasteiger partial charge in [0, 0.05) is 23.6 Å². The number of rotatable bonds is 4. The Balaban J connectivity index is 1.47. The predicted octanol–water partition coefficient (Wildman–Crippen LogP) is 3.25. The number of nitrogens with zero attached hydrogens (tertiary/aromatic N) is 1. The highest BCUT2D eigenvalue weighted by Crippen LogP contribution is 2.23. The molecule has 5 heteroatoms. The highest BCUT2D eigenvalue weighted by molar-refractivity contribution is 5.78. The summed E-state index contributed by atoms with van der Waals surface area (Å²) < 4.78 is 0. The number of aromatic amines is 1. The van der Waals surface area contributed by atoms with Crippen molar-refractivity contribution in [2.45, 2.75) is 32.2 Å². The highest BCUT2D eigenvalue weighted by Gasteiger charge is 2.25. The number of carbonyl (C=O) groups excluding carboxylic acids is 1. The normalized spacial score (nSPS) is 16.1. The summed E-state index contributed by atoms with van der Waals surface area (Å²) in [5.41, 5.74) is 3.43. The van der Waals surface area contributed by atoms with E-state index in [2.05, 4.69) is 10.3 Å². The van der Waals surface area contributed by atoms with Gasteiger partial charge in [0.15, 0.2) is 0 Å². The van der Waals surface area contributed by atoms with Crippen LogP contribution in [0.25, 0.3) is 11.4 Å². The minimum Gasteiger partial charge on any atom is -0.352 e. The second-order valence-corrected chi connectivity index (χ2v) is 7.18. The molecule has 1 aromatic heterocycles. The lowest BCUT2D eigenvalue weighted by Gasteiger charge is -2.14. The molecule has 1 unspecified atom stereocenters. The first-order valence-corrected chi connectivity index (χ1v) is 9.70. The van der Waals surface area contributed by atoms with Crippen LogP contribution in [0.15, 0.2) is 65.5 Å². The van der Waals surface area contributed by atoms with Gasteiger partial charge >= 0.3 is 0 Å². The molecule has 0 fully saturated rings. The SMILES string of the molecule is O=C(NCc1ccccc1)C1CCc2nc(-c3ccccc3)[nH]c(=O)c2CC1. The maximum absolute atomic E-state index is 12.6. The molecule has 2 aromatic carbocycles. The van der Waals surface area contributed by atoms with Crippen molar-refractivity contribution in [3.05, 3.63) is 87.8 Å². The zero-order valence-electron chi connectivity index (χ0n) is 15.7. The van der Waals surface area contributed by atoms with E-state index in [0.29, 0.717) is 38.1 Å². The molecule has 1 atom stereocenters. The minimum absolute atomic E-state index is 0.0522. The maximum Gasteiger partial charge on any atom is 0.254 e. The molecule has 1 amide bonds. The minimum atomic E-state index is -0.0995. The summed E-state index contributed by atoms with van der Waals surface area (Å²) >= 11 is 0. The first-order chi connectivity index (χ1) is 13.7. The molecule has 3 aromatic rings. The second kappa shape index (κ2) is 8.21. The van der Waals surface area contributed by atoms with Crippen molar-refractivity contribution in [3.63, 3.8) is 0 Å². The number of aryl methyl sites for hydroxylation is 1. The standard InChI is InChI=1S/C23H23N3O2/c27-22(24-15-16-7-3-1-4-8-16)18-11-13-19-20(14-12-18)25-21(26-23(19)28)17-9-5-2-6-10-17/h1-10,18H,11-15H2,(H,24,27)(H,25,26,28). The molecule has 1 heterocycles. The van der Waals surface area contributed by atoms with Gasteiger partial charge in [0.1, 0.15) is 5.82 Å². The molecule has 0 saturated carbocycles. The third kappa shape index (κ3) is 4.03. The number of hydrogen-bond acceptors (Lipinski definition) is 3. The van der Waals surface area contributed by atoms with Crippen molar-refractivity contribution in [1.82, 2.24) is 15.3 Å². The fraction of sp³-hybridized carbons (Fsp3) is 0.261. The van der Waals surface area contributed by atoms with Crippen LogP contribution < -0.4 is 10.9 Å². The summed E-state index contributed by atoms with van der Waals surface area (Å²) in [6.45, 7) is 0.528. The van der Waals surface area contributed by atoms with Crippen LogP contribution in [0.2, 0.25) is 0 Å². The monoisotopic (exact) mass is 373 g/mol. The zero-order valence-corrected chi connectivity index (χ0v) is 15.7. The van der Waals surface area contributed by atoms with Gasteiger partial charge in [0.25, 0.3) is 5.56 Å². The second-order valence-electron chi connectivity index (χ2n) is 7.18. The summed E-state index contributed by atoms with van der Waals surface area (Å²) in [7, 11) is 0. The molecule has 5 nitrogen and oxygen atoms in total. The predicted molar refractivity (Wildman–Crippen MR) is 109 cm³/mol. The molecule has 0 bridgehead atoms. The van der Waals surface area contributed by atoms with Gasteiger partial charge in [-0.05, 0) is 31.2 Å². The molecular formula is C23H23N3O2. The Morgan fingerprint density at radius 1 is 1.00 bits per heavy atom. The van der Waals surface area contributed by atoms with E-state index in [1.165, 1.54) is 0 Å². The lowest BCUT2D eigenvalue weighted by Crippen LogP contribution is -2.30. The van der Waals surface area contributed by atoms with Crippen molar-refractivity contribution in [2.24, 2.45) is 5.92 Å². The largest absolute Gasteiger partial charge is 0.352 e. The number of fused-ring (bicyclic) bond motifs is 1. The Morgan fingerprint density at radius 2 is 1.68 bits per heavy atom. The van der Waals surface area contributed by atoms with E-state index in [0.717, 1.165) is 22.4 Å². The Hall–Kier alpha value is -3.21. The molecular weight excluding hydrogens is 350 g/mol. The number of hydrogen-bond donors (Lipinski definition) is 2. The Kier molecular flexibility index (Phi) is 5.33. The molecule has 0 aliphatic heterocycles. The molecule has 4 rings (SSSR count). The third-order valence-corrected chi connectivity index (χ3v) is 5.30. The van der Waals surface area contributed by atoms with Gasteiger partial charge < -0.3 is 10.3 Å². The maximum atomic E-state index is 12.6. The van der Waals surface area contributed by atoms with Crippen LogP contribution in [0.5, 0.6) is 0 Å². The molecule has 2 N–H and O–H groups in total. The van der Waals surface area contributed by atoms with Crippen molar-refractivity contribution >= 4 is 5.91 Å². The summed E-state index contributed by atoms with van der Waals surface area (Å²) in [5.74, 6) is 0.546. The van der Waals surface area contributed by atoms with Gasteiger partial charge in [-0.1, -0.05) is 60.7 Å². The molecule has 142 valence electrons. The first kappa shape index (κ1) is 18.2. The van der Waals surface area contributed by atoms with E-state index >= 15 is 0 Å². The summed E-state index contributed by atoms with van der Waals surface area (Å²) in [6, 6.07) is 19.5. The Morgan fingerprint density at radius 3 is 2.43 bits per heavy atom. The molecule has 0 spiro atoms. The summed E-state index contributed by atoms with van der Waals surface area (Å²) in [5, 5.41) is 3.03. The zero-order chi connectivity index (χ0) is 19.3. The lowest BCUT2D eigenvalue weighted by atomic mass is 9.98. The van der Waals surface area contributed by atoms with Gasteiger partial charge in [-0.3, -0.25) is 9.59 Å². The highest BCUT2D eigenvalue weighted by atomic mass is 16.2. The average molecular weight is 373 g/mol. The Labute approximate surface area is 163 Å². The smallest absolute Gasteiger partial charge is 0.254 e. The summed E-state index contributed by atoms with van der Waals surface area (Å²) in [4.78, 5) is 32.8. The number of carbonyl (C=O) groups is 1. The summed E-state index contributed by atoms with van der Waals surface area (Å²) in [6.07, 6.45) is 2.60. The van der Waals surface area contributed by atoms with Gasteiger partial charge in [0.2, 0.25) is 5.91 Å². The molecule has 0 saturated heterocycles. The van der Waals surface area contributed by atoms with Crippen LogP contribution in [0.3, 0.4) is 0 Å². The van der Waals surface area contributed by atoms with Crippen molar-refractivity contribution in [1.29, 1.82) is 0 Å². The number of aromatic nitrogens is 2. The first-order valence-electron chi connectivity index (χ1n) is 9.70.